The Bertz CT molecular complexity index is 9.61. The first-order valence-electron chi connectivity index (χ1n) is 0.983. The molecular weight excluding hydrogens is 95.1 g/mol. The zero-order valence-electron chi connectivity index (χ0n) is 2.82. The van der Waals surface area contributed by atoms with Crippen molar-refractivity contribution in [2.24, 2.45) is 0 Å². The van der Waals surface area contributed by atoms with Gasteiger partial charge in [-0.15, -0.1) is 0 Å². The summed E-state index contributed by atoms with van der Waals surface area (Å²) in [7, 11) is 2.92. The Morgan fingerprint density at radius 1 is 1.00 bits per heavy atom. The molecule has 0 aromatic heterocycles. The van der Waals surface area contributed by atoms with Crippen molar-refractivity contribution >= 4 is 51.4 Å². The average Bonchev–Trinajstić information content (AvgIpc) is 1.37. The van der Waals surface area contributed by atoms with Crippen LogP contribution < -0.4 is 0 Å². The van der Waals surface area contributed by atoms with Gasteiger partial charge in [0.05, 0.1) is 14.2 Å². The number of hydrogen-bond donors (Lipinski definition) is 0. The molecular formula is C2H7KO2. The predicted octanol–water partition coefficient (Wildman–Crippen LogP) is -0.454. The summed E-state index contributed by atoms with van der Waals surface area (Å²) >= 11 is 0. The molecule has 0 N–H and O–H groups in total. The van der Waals surface area contributed by atoms with Gasteiger partial charge in [-0.1, -0.05) is 0 Å². The topological polar surface area (TPSA) is 18.5 Å². The minimum absolute atomic E-state index is 0. The molecule has 0 fully saturated rings. The van der Waals surface area contributed by atoms with Crippen LogP contribution in [0, 0.1) is 0 Å². The average molecular weight is 102 g/mol. The predicted molar refractivity (Wildman–Crippen MR) is 21.2 cm³/mol. The van der Waals surface area contributed by atoms with Gasteiger partial charge >= 0.3 is 51.4 Å². The van der Waals surface area contributed by atoms with E-state index < -0.39 is 0 Å². The van der Waals surface area contributed by atoms with Crippen LogP contribution >= 0.6 is 0 Å². The molecule has 0 saturated heterocycles. The van der Waals surface area contributed by atoms with E-state index in [1.807, 2.05) is 0 Å². The molecule has 0 aromatic carbocycles. The van der Waals surface area contributed by atoms with Crippen LogP contribution in [0.2, 0.25) is 0 Å². The molecule has 0 rings (SSSR count). The molecule has 0 unspecified atom stereocenters. The first-order chi connectivity index (χ1) is 1.91. The van der Waals surface area contributed by atoms with Crippen LogP contribution in [0.25, 0.3) is 0 Å². The van der Waals surface area contributed by atoms with E-state index >= 15 is 0 Å². The fourth-order valence-corrected chi connectivity index (χ4v) is 0. The van der Waals surface area contributed by atoms with E-state index in [9.17, 15) is 0 Å². The first-order valence-corrected chi connectivity index (χ1v) is 0.983. The summed E-state index contributed by atoms with van der Waals surface area (Å²) in [5, 5.41) is 0. The summed E-state index contributed by atoms with van der Waals surface area (Å²) in [6, 6.07) is 0. The molecule has 0 radical (unpaired) electrons. The van der Waals surface area contributed by atoms with Crippen molar-refractivity contribution in [2.75, 3.05) is 14.2 Å². The summed E-state index contributed by atoms with van der Waals surface area (Å²) in [6.07, 6.45) is 0. The van der Waals surface area contributed by atoms with Crippen LogP contribution in [0.5, 0.6) is 0 Å². The second-order valence-electron chi connectivity index (χ2n) is 0.333. The number of rotatable bonds is 1. The van der Waals surface area contributed by atoms with E-state index in [0.29, 0.717) is 0 Å². The molecule has 28 valence electrons. The van der Waals surface area contributed by atoms with Gasteiger partial charge in [-0.25, -0.2) is 9.78 Å². The van der Waals surface area contributed by atoms with Gasteiger partial charge in [-0.05, 0) is 0 Å². The SMILES string of the molecule is COOC.[KH]. The van der Waals surface area contributed by atoms with Crippen LogP contribution in [0.15, 0.2) is 0 Å². The first kappa shape index (κ1) is 9.75. The van der Waals surface area contributed by atoms with Crippen LogP contribution in [0.3, 0.4) is 0 Å². The fraction of sp³-hybridized carbons (Fsp3) is 1.00. The summed E-state index contributed by atoms with van der Waals surface area (Å²) in [5.74, 6) is 0. The fourth-order valence-electron chi connectivity index (χ4n) is 0. The molecule has 0 aromatic rings. The third-order valence-corrected chi connectivity index (χ3v) is 0.167. The van der Waals surface area contributed by atoms with Crippen LogP contribution in [0.4, 0.5) is 0 Å². The molecule has 0 aliphatic rings. The Labute approximate surface area is 74.2 Å². The maximum absolute atomic E-state index is 4.04. The van der Waals surface area contributed by atoms with Gasteiger partial charge in [-0.2, -0.15) is 0 Å². The summed E-state index contributed by atoms with van der Waals surface area (Å²) in [4.78, 5) is 8.08. The van der Waals surface area contributed by atoms with Gasteiger partial charge < -0.3 is 0 Å². The van der Waals surface area contributed by atoms with Crippen LogP contribution in [-0.4, -0.2) is 65.6 Å². The van der Waals surface area contributed by atoms with Crippen molar-refractivity contribution in [2.45, 2.75) is 0 Å². The number of hydrogen-bond acceptors (Lipinski definition) is 2. The van der Waals surface area contributed by atoms with Gasteiger partial charge in [0.15, 0.2) is 0 Å². The summed E-state index contributed by atoms with van der Waals surface area (Å²) in [6.45, 7) is 0. The van der Waals surface area contributed by atoms with E-state index in [0.717, 1.165) is 0 Å². The molecule has 0 spiro atoms. The van der Waals surface area contributed by atoms with E-state index in [-0.39, 0.29) is 51.4 Å². The molecule has 0 atom stereocenters. The van der Waals surface area contributed by atoms with Gasteiger partial charge in [0.1, 0.15) is 0 Å². The Morgan fingerprint density at radius 3 is 1.20 bits per heavy atom. The van der Waals surface area contributed by atoms with E-state index in [1.165, 1.54) is 14.2 Å². The molecule has 2 nitrogen and oxygen atoms in total. The Kier molecular flexibility index (Phi) is 17.8. The van der Waals surface area contributed by atoms with Crippen LogP contribution in [-0.2, 0) is 9.78 Å². The molecule has 3 heteroatoms. The van der Waals surface area contributed by atoms with E-state index in [1.54, 1.807) is 0 Å². The van der Waals surface area contributed by atoms with Crippen molar-refractivity contribution in [1.29, 1.82) is 0 Å². The molecule has 0 aliphatic heterocycles. The summed E-state index contributed by atoms with van der Waals surface area (Å²) in [5.41, 5.74) is 0. The molecule has 5 heavy (non-hydrogen) atoms. The van der Waals surface area contributed by atoms with Crippen molar-refractivity contribution in [3.05, 3.63) is 0 Å². The van der Waals surface area contributed by atoms with Crippen LogP contribution in [0.1, 0.15) is 0 Å². The standard InChI is InChI=1S/C2H6O2.K.H/c1-3-4-2;;/h1-2H3;;. The zero-order valence-corrected chi connectivity index (χ0v) is 2.82. The second kappa shape index (κ2) is 9.12. The molecule has 0 heterocycles. The van der Waals surface area contributed by atoms with E-state index in [4.69, 9.17) is 0 Å². The Morgan fingerprint density at radius 2 is 1.20 bits per heavy atom. The normalized spacial score (nSPS) is 6.00. The molecule has 0 saturated carbocycles. The maximum atomic E-state index is 4.04. The monoisotopic (exact) mass is 102 g/mol. The molecule has 0 aliphatic carbocycles. The Hall–Kier alpha value is 1.56. The van der Waals surface area contributed by atoms with Gasteiger partial charge in [0.2, 0.25) is 0 Å². The summed E-state index contributed by atoms with van der Waals surface area (Å²) < 4.78 is 0. The van der Waals surface area contributed by atoms with Gasteiger partial charge in [0, 0.05) is 0 Å². The Balaban J connectivity index is 0. The molecule has 0 amide bonds. The van der Waals surface area contributed by atoms with Crippen molar-refractivity contribution < 1.29 is 9.78 Å². The van der Waals surface area contributed by atoms with Crippen molar-refractivity contribution in [3.8, 4) is 0 Å². The third-order valence-electron chi connectivity index (χ3n) is 0.167. The van der Waals surface area contributed by atoms with Crippen molar-refractivity contribution in [1.82, 2.24) is 0 Å². The van der Waals surface area contributed by atoms with E-state index in [2.05, 4.69) is 9.78 Å². The zero-order chi connectivity index (χ0) is 3.41. The van der Waals surface area contributed by atoms with Gasteiger partial charge in [-0.3, -0.25) is 0 Å². The van der Waals surface area contributed by atoms with Gasteiger partial charge in [0.25, 0.3) is 0 Å². The third kappa shape index (κ3) is 10.8. The molecule has 0 bridgehead atoms. The minimum atomic E-state index is 0. The van der Waals surface area contributed by atoms with Crippen molar-refractivity contribution in [3.63, 3.8) is 0 Å². The quantitative estimate of drug-likeness (QED) is 0.253. The second-order valence-corrected chi connectivity index (χ2v) is 0.333.